The summed E-state index contributed by atoms with van der Waals surface area (Å²) in [5.74, 6) is 0.886. The first-order valence-corrected chi connectivity index (χ1v) is 7.11. The van der Waals surface area contributed by atoms with Gasteiger partial charge in [-0.1, -0.05) is 6.07 Å². The lowest BCUT2D eigenvalue weighted by Crippen LogP contribution is -2.37. The Labute approximate surface area is 103 Å². The van der Waals surface area contributed by atoms with E-state index in [1.54, 1.807) is 0 Å². The number of likely N-dealkylation sites (tertiary alicyclic amines) is 1. The SMILES string of the molecule is CNCC1CCN(C(C)c2cccs2)CC1. The summed E-state index contributed by atoms with van der Waals surface area (Å²) in [7, 11) is 2.06. The van der Waals surface area contributed by atoms with E-state index >= 15 is 0 Å². The van der Waals surface area contributed by atoms with Gasteiger partial charge in [0.15, 0.2) is 0 Å². The molecular formula is C13H22N2S. The van der Waals surface area contributed by atoms with Gasteiger partial charge >= 0.3 is 0 Å². The maximum Gasteiger partial charge on any atom is 0.0413 e. The quantitative estimate of drug-likeness (QED) is 0.867. The van der Waals surface area contributed by atoms with Crippen molar-refractivity contribution in [3.8, 4) is 0 Å². The summed E-state index contributed by atoms with van der Waals surface area (Å²) in [5, 5.41) is 5.47. The van der Waals surface area contributed by atoms with E-state index in [-0.39, 0.29) is 0 Å². The Balaban J connectivity index is 1.84. The number of piperidine rings is 1. The summed E-state index contributed by atoms with van der Waals surface area (Å²) >= 11 is 1.88. The van der Waals surface area contributed by atoms with Gasteiger partial charge in [0.2, 0.25) is 0 Å². The first-order valence-electron chi connectivity index (χ1n) is 6.23. The molecule has 0 spiro atoms. The van der Waals surface area contributed by atoms with E-state index in [1.807, 2.05) is 11.3 Å². The predicted octanol–water partition coefficient (Wildman–Crippen LogP) is 2.74. The van der Waals surface area contributed by atoms with Crippen LogP contribution in [0.15, 0.2) is 17.5 Å². The van der Waals surface area contributed by atoms with Crippen LogP contribution in [0.1, 0.15) is 30.7 Å². The van der Waals surface area contributed by atoms with Gasteiger partial charge in [-0.2, -0.15) is 0 Å². The Morgan fingerprint density at radius 1 is 1.50 bits per heavy atom. The molecule has 1 aromatic rings. The van der Waals surface area contributed by atoms with Crippen LogP contribution >= 0.6 is 11.3 Å². The van der Waals surface area contributed by atoms with Crippen LogP contribution in [0, 0.1) is 5.92 Å². The fourth-order valence-electron chi connectivity index (χ4n) is 2.54. The highest BCUT2D eigenvalue weighted by atomic mass is 32.1. The van der Waals surface area contributed by atoms with Crippen LogP contribution < -0.4 is 5.32 Å². The topological polar surface area (TPSA) is 15.3 Å². The first-order chi connectivity index (χ1) is 7.81. The monoisotopic (exact) mass is 238 g/mol. The molecule has 16 heavy (non-hydrogen) atoms. The molecule has 3 heteroatoms. The molecule has 2 rings (SSSR count). The molecular weight excluding hydrogens is 216 g/mol. The summed E-state index contributed by atoms with van der Waals surface area (Å²) in [6.07, 6.45) is 2.69. The highest BCUT2D eigenvalue weighted by Gasteiger charge is 2.23. The predicted molar refractivity (Wildman–Crippen MR) is 71.0 cm³/mol. The highest BCUT2D eigenvalue weighted by molar-refractivity contribution is 7.10. The van der Waals surface area contributed by atoms with Gasteiger partial charge in [0.05, 0.1) is 0 Å². The second kappa shape index (κ2) is 5.80. The molecule has 0 amide bonds. The minimum atomic E-state index is 0.607. The second-order valence-corrected chi connectivity index (χ2v) is 5.71. The molecule has 1 saturated heterocycles. The molecule has 1 atom stereocenters. The molecule has 1 unspecified atom stereocenters. The second-order valence-electron chi connectivity index (χ2n) is 4.73. The van der Waals surface area contributed by atoms with Crippen LogP contribution in [0.25, 0.3) is 0 Å². The largest absolute Gasteiger partial charge is 0.319 e. The number of thiophene rings is 1. The van der Waals surface area contributed by atoms with Crippen molar-refractivity contribution in [3.05, 3.63) is 22.4 Å². The van der Waals surface area contributed by atoms with Crippen LogP contribution in [0.3, 0.4) is 0 Å². The van der Waals surface area contributed by atoms with Crippen molar-refractivity contribution in [2.45, 2.75) is 25.8 Å². The summed E-state index contributed by atoms with van der Waals surface area (Å²) < 4.78 is 0. The molecule has 2 nitrogen and oxygen atoms in total. The number of nitrogens with one attached hydrogen (secondary N) is 1. The van der Waals surface area contributed by atoms with E-state index in [0.717, 1.165) is 5.92 Å². The lowest BCUT2D eigenvalue weighted by Gasteiger charge is -2.35. The minimum absolute atomic E-state index is 0.607. The Morgan fingerprint density at radius 2 is 2.25 bits per heavy atom. The molecule has 0 saturated carbocycles. The zero-order valence-electron chi connectivity index (χ0n) is 10.3. The van der Waals surface area contributed by atoms with Gasteiger partial charge in [0.25, 0.3) is 0 Å². The zero-order valence-corrected chi connectivity index (χ0v) is 11.1. The smallest absolute Gasteiger partial charge is 0.0413 e. The molecule has 1 aliphatic heterocycles. The van der Waals surface area contributed by atoms with Crippen LogP contribution in [-0.4, -0.2) is 31.6 Å². The molecule has 1 aromatic heterocycles. The number of rotatable bonds is 4. The Morgan fingerprint density at radius 3 is 2.81 bits per heavy atom. The molecule has 1 N–H and O–H groups in total. The Bertz CT molecular complexity index is 289. The molecule has 0 aromatic carbocycles. The summed E-state index contributed by atoms with van der Waals surface area (Å²) in [6.45, 7) is 6.03. The third-order valence-corrected chi connectivity index (χ3v) is 4.69. The fraction of sp³-hybridized carbons (Fsp3) is 0.692. The van der Waals surface area contributed by atoms with Crippen LogP contribution in [0.4, 0.5) is 0 Å². The van der Waals surface area contributed by atoms with Gasteiger partial charge in [-0.25, -0.2) is 0 Å². The van der Waals surface area contributed by atoms with Gasteiger partial charge in [-0.05, 0) is 63.8 Å². The van der Waals surface area contributed by atoms with Gasteiger partial charge in [0, 0.05) is 10.9 Å². The van der Waals surface area contributed by atoms with E-state index < -0.39 is 0 Å². The van der Waals surface area contributed by atoms with Crippen molar-refractivity contribution >= 4 is 11.3 Å². The van der Waals surface area contributed by atoms with E-state index in [0.29, 0.717) is 6.04 Å². The van der Waals surface area contributed by atoms with Crippen LogP contribution in [0.5, 0.6) is 0 Å². The van der Waals surface area contributed by atoms with Gasteiger partial charge < -0.3 is 5.32 Å². The highest BCUT2D eigenvalue weighted by Crippen LogP contribution is 2.28. The van der Waals surface area contributed by atoms with Crippen molar-refractivity contribution in [3.63, 3.8) is 0 Å². The Kier molecular flexibility index (Phi) is 4.38. The maximum atomic E-state index is 3.29. The number of nitrogens with zero attached hydrogens (tertiary/aromatic N) is 1. The average molecular weight is 238 g/mol. The normalized spacial score (nSPS) is 21.1. The van der Waals surface area contributed by atoms with E-state index in [4.69, 9.17) is 0 Å². The molecule has 0 radical (unpaired) electrons. The lowest BCUT2D eigenvalue weighted by atomic mass is 9.96. The number of hydrogen-bond donors (Lipinski definition) is 1. The third-order valence-electron chi connectivity index (χ3n) is 3.64. The van der Waals surface area contributed by atoms with E-state index in [1.165, 1.54) is 37.4 Å². The van der Waals surface area contributed by atoms with Crippen molar-refractivity contribution in [2.75, 3.05) is 26.7 Å². The Hall–Kier alpha value is -0.380. The fourth-order valence-corrected chi connectivity index (χ4v) is 3.36. The average Bonchev–Trinajstić information content (AvgIpc) is 2.83. The lowest BCUT2D eigenvalue weighted by molar-refractivity contribution is 0.143. The van der Waals surface area contributed by atoms with Gasteiger partial charge in [-0.3, -0.25) is 4.90 Å². The van der Waals surface area contributed by atoms with Gasteiger partial charge in [-0.15, -0.1) is 11.3 Å². The van der Waals surface area contributed by atoms with E-state index in [9.17, 15) is 0 Å². The maximum absolute atomic E-state index is 3.29. The van der Waals surface area contributed by atoms with Crippen molar-refractivity contribution in [1.82, 2.24) is 10.2 Å². The van der Waals surface area contributed by atoms with Crippen LogP contribution in [-0.2, 0) is 0 Å². The molecule has 90 valence electrons. The van der Waals surface area contributed by atoms with Crippen LogP contribution in [0.2, 0.25) is 0 Å². The summed E-state index contributed by atoms with van der Waals surface area (Å²) in [5.41, 5.74) is 0. The van der Waals surface area contributed by atoms with E-state index in [2.05, 4.69) is 41.7 Å². The number of hydrogen-bond acceptors (Lipinski definition) is 3. The molecule has 0 bridgehead atoms. The van der Waals surface area contributed by atoms with Crippen molar-refractivity contribution < 1.29 is 0 Å². The minimum Gasteiger partial charge on any atom is -0.319 e. The van der Waals surface area contributed by atoms with Crippen molar-refractivity contribution in [1.29, 1.82) is 0 Å². The zero-order chi connectivity index (χ0) is 11.4. The molecule has 0 aliphatic carbocycles. The molecule has 1 aliphatic rings. The molecule has 2 heterocycles. The molecule has 1 fully saturated rings. The summed E-state index contributed by atoms with van der Waals surface area (Å²) in [6, 6.07) is 5.02. The van der Waals surface area contributed by atoms with Gasteiger partial charge in [0.1, 0.15) is 0 Å². The first kappa shape index (κ1) is 12.1. The van der Waals surface area contributed by atoms with Crippen molar-refractivity contribution in [2.24, 2.45) is 5.92 Å². The third kappa shape index (κ3) is 2.84. The standard InChI is InChI=1S/C13H22N2S/c1-11(13-4-3-9-16-13)15-7-5-12(6-8-15)10-14-2/h3-4,9,11-12,14H,5-8,10H2,1-2H3. The summed E-state index contributed by atoms with van der Waals surface area (Å²) in [4.78, 5) is 4.13.